The Bertz CT molecular complexity index is 388. The van der Waals surface area contributed by atoms with Gasteiger partial charge in [0.15, 0.2) is 0 Å². The number of carbonyl (C=O) groups is 1. The second kappa shape index (κ2) is 6.08. The van der Waals surface area contributed by atoms with Gasteiger partial charge in [0.25, 0.3) is 0 Å². The van der Waals surface area contributed by atoms with Crippen LogP contribution in [0.15, 0.2) is 33.2 Å². The van der Waals surface area contributed by atoms with E-state index in [-0.39, 0.29) is 5.91 Å². The molecule has 0 unspecified atom stereocenters. The number of halogens is 2. The highest BCUT2D eigenvalue weighted by molar-refractivity contribution is 9.11. The van der Waals surface area contributed by atoms with Gasteiger partial charge >= 0.3 is 0 Å². The van der Waals surface area contributed by atoms with E-state index in [1.165, 1.54) is 6.92 Å². The number of benzene rings is 1. The van der Waals surface area contributed by atoms with Gasteiger partial charge in [-0.15, -0.1) is 0 Å². The molecule has 2 nitrogen and oxygen atoms in total. The third-order valence-corrected chi connectivity index (χ3v) is 2.94. The Hall–Kier alpha value is -0.610. The fourth-order valence-electron chi connectivity index (χ4n) is 1.03. The third kappa shape index (κ3) is 4.62. The maximum Gasteiger partial charge on any atom is 0.217 e. The number of rotatable bonds is 3. The van der Waals surface area contributed by atoms with Crippen molar-refractivity contribution in [3.8, 4) is 0 Å². The highest BCUT2D eigenvalue weighted by Crippen LogP contribution is 2.22. The van der Waals surface area contributed by atoms with Crippen LogP contribution in [0, 0.1) is 0 Å². The van der Waals surface area contributed by atoms with Crippen LogP contribution in [0.25, 0.3) is 6.08 Å². The van der Waals surface area contributed by atoms with Crippen molar-refractivity contribution in [2.45, 2.75) is 6.92 Å². The molecule has 0 spiro atoms. The van der Waals surface area contributed by atoms with E-state index in [2.05, 4.69) is 37.2 Å². The highest BCUT2D eigenvalue weighted by atomic mass is 79.9. The van der Waals surface area contributed by atoms with Crippen LogP contribution in [0.5, 0.6) is 0 Å². The highest BCUT2D eigenvalue weighted by Gasteiger charge is 1.96. The molecule has 0 fully saturated rings. The van der Waals surface area contributed by atoms with Gasteiger partial charge in [0.2, 0.25) is 5.91 Å². The fraction of sp³-hybridized carbons (Fsp3) is 0.182. The zero-order valence-electron chi connectivity index (χ0n) is 8.26. The Morgan fingerprint density at radius 1 is 1.47 bits per heavy atom. The Morgan fingerprint density at radius 3 is 2.87 bits per heavy atom. The monoisotopic (exact) mass is 331 g/mol. The first-order valence-electron chi connectivity index (χ1n) is 4.45. The second-order valence-electron chi connectivity index (χ2n) is 3.01. The number of amides is 1. The molecule has 1 rings (SSSR count). The van der Waals surface area contributed by atoms with Crippen molar-refractivity contribution in [1.82, 2.24) is 5.32 Å². The summed E-state index contributed by atoms with van der Waals surface area (Å²) >= 11 is 6.86. The van der Waals surface area contributed by atoms with Gasteiger partial charge in [-0.3, -0.25) is 4.79 Å². The van der Waals surface area contributed by atoms with E-state index >= 15 is 0 Å². The largest absolute Gasteiger partial charge is 0.353 e. The van der Waals surface area contributed by atoms with Crippen LogP contribution >= 0.6 is 31.9 Å². The molecule has 0 aliphatic heterocycles. The van der Waals surface area contributed by atoms with E-state index in [4.69, 9.17) is 0 Å². The van der Waals surface area contributed by atoms with Crippen LogP contribution < -0.4 is 5.32 Å². The molecule has 0 atom stereocenters. The lowest BCUT2D eigenvalue weighted by molar-refractivity contribution is -0.118. The van der Waals surface area contributed by atoms with Gasteiger partial charge in [0.1, 0.15) is 0 Å². The minimum Gasteiger partial charge on any atom is -0.353 e. The van der Waals surface area contributed by atoms with Crippen molar-refractivity contribution in [1.29, 1.82) is 0 Å². The molecule has 0 radical (unpaired) electrons. The Labute approximate surface area is 106 Å². The zero-order valence-corrected chi connectivity index (χ0v) is 11.4. The average molecular weight is 333 g/mol. The molecule has 1 N–H and O–H groups in total. The van der Waals surface area contributed by atoms with Crippen molar-refractivity contribution >= 4 is 43.8 Å². The summed E-state index contributed by atoms with van der Waals surface area (Å²) in [4.78, 5) is 10.6. The number of carbonyl (C=O) groups excluding carboxylic acids is 1. The summed E-state index contributed by atoms with van der Waals surface area (Å²) in [5, 5.41) is 2.70. The molecule has 1 amide bonds. The number of nitrogens with one attached hydrogen (secondary N) is 1. The van der Waals surface area contributed by atoms with Crippen LogP contribution in [0.3, 0.4) is 0 Å². The first-order valence-corrected chi connectivity index (χ1v) is 6.04. The lowest BCUT2D eigenvalue weighted by Gasteiger charge is -1.99. The van der Waals surface area contributed by atoms with E-state index in [1.807, 2.05) is 30.4 Å². The molecular weight excluding hydrogens is 322 g/mol. The van der Waals surface area contributed by atoms with E-state index in [0.717, 1.165) is 14.5 Å². The van der Waals surface area contributed by atoms with Crippen LogP contribution in [-0.2, 0) is 4.79 Å². The zero-order chi connectivity index (χ0) is 11.3. The maximum atomic E-state index is 10.6. The van der Waals surface area contributed by atoms with Gasteiger partial charge in [-0.1, -0.05) is 44.0 Å². The molecule has 0 aromatic heterocycles. The molecule has 0 saturated heterocycles. The molecule has 0 aliphatic carbocycles. The van der Waals surface area contributed by atoms with E-state index in [9.17, 15) is 4.79 Å². The number of hydrogen-bond acceptors (Lipinski definition) is 1. The molecule has 0 heterocycles. The van der Waals surface area contributed by atoms with Gasteiger partial charge in [0.05, 0.1) is 0 Å². The summed E-state index contributed by atoms with van der Waals surface area (Å²) in [7, 11) is 0. The van der Waals surface area contributed by atoms with Crippen LogP contribution in [-0.4, -0.2) is 12.5 Å². The molecule has 4 heteroatoms. The van der Waals surface area contributed by atoms with Gasteiger partial charge in [-0.2, -0.15) is 0 Å². The Morgan fingerprint density at radius 2 is 2.20 bits per heavy atom. The summed E-state index contributed by atoms with van der Waals surface area (Å²) < 4.78 is 2.06. The van der Waals surface area contributed by atoms with Gasteiger partial charge < -0.3 is 5.32 Å². The van der Waals surface area contributed by atoms with Crippen molar-refractivity contribution in [2.24, 2.45) is 0 Å². The van der Waals surface area contributed by atoms with Gasteiger partial charge in [0, 0.05) is 22.4 Å². The predicted molar refractivity (Wildman–Crippen MR) is 69.6 cm³/mol. The summed E-state index contributed by atoms with van der Waals surface area (Å²) in [6.45, 7) is 2.05. The summed E-state index contributed by atoms with van der Waals surface area (Å²) in [6, 6.07) is 5.95. The average Bonchev–Trinajstić information content (AvgIpc) is 2.17. The molecule has 15 heavy (non-hydrogen) atoms. The van der Waals surface area contributed by atoms with Crippen molar-refractivity contribution in [2.75, 3.05) is 6.54 Å². The van der Waals surface area contributed by atoms with Crippen LogP contribution in [0.1, 0.15) is 12.5 Å². The SMILES string of the molecule is CC(=O)NCC=Cc1cc(Br)ccc1Br. The smallest absolute Gasteiger partial charge is 0.217 e. The lowest BCUT2D eigenvalue weighted by atomic mass is 10.2. The quantitative estimate of drug-likeness (QED) is 0.903. The van der Waals surface area contributed by atoms with Crippen molar-refractivity contribution < 1.29 is 4.79 Å². The third-order valence-electron chi connectivity index (χ3n) is 1.72. The summed E-state index contributed by atoms with van der Waals surface area (Å²) in [6.07, 6.45) is 3.87. The van der Waals surface area contributed by atoms with Crippen molar-refractivity contribution in [3.63, 3.8) is 0 Å². The number of hydrogen-bond donors (Lipinski definition) is 1. The van der Waals surface area contributed by atoms with E-state index < -0.39 is 0 Å². The molecule has 1 aromatic rings. The first-order chi connectivity index (χ1) is 7.09. The molecule has 0 aliphatic rings. The maximum absolute atomic E-state index is 10.6. The summed E-state index contributed by atoms with van der Waals surface area (Å²) in [5.74, 6) is -0.0204. The topological polar surface area (TPSA) is 29.1 Å². The molecule has 0 saturated carbocycles. The van der Waals surface area contributed by atoms with Crippen LogP contribution in [0.4, 0.5) is 0 Å². The first kappa shape index (κ1) is 12.5. The van der Waals surface area contributed by atoms with E-state index in [1.54, 1.807) is 0 Å². The standard InChI is InChI=1S/C11H11Br2NO/c1-8(15)14-6-2-3-9-7-10(12)4-5-11(9)13/h2-5,7H,6H2,1H3,(H,14,15). The van der Waals surface area contributed by atoms with Crippen molar-refractivity contribution in [3.05, 3.63) is 38.8 Å². The fourth-order valence-corrected chi connectivity index (χ4v) is 1.79. The van der Waals surface area contributed by atoms with E-state index in [0.29, 0.717) is 6.54 Å². The minimum absolute atomic E-state index is 0.0204. The van der Waals surface area contributed by atoms with Crippen LogP contribution in [0.2, 0.25) is 0 Å². The minimum atomic E-state index is -0.0204. The Balaban J connectivity index is 2.63. The van der Waals surface area contributed by atoms with Gasteiger partial charge in [-0.05, 0) is 23.8 Å². The lowest BCUT2D eigenvalue weighted by Crippen LogP contribution is -2.19. The second-order valence-corrected chi connectivity index (χ2v) is 4.78. The van der Waals surface area contributed by atoms with Gasteiger partial charge in [-0.25, -0.2) is 0 Å². The molecular formula is C11H11Br2NO. The normalized spacial score (nSPS) is 10.6. The molecule has 0 bridgehead atoms. The predicted octanol–water partition coefficient (Wildman–Crippen LogP) is 3.36. The molecule has 80 valence electrons. The molecule has 1 aromatic carbocycles. The summed E-state index contributed by atoms with van der Waals surface area (Å²) in [5.41, 5.74) is 1.08. The Kier molecular flexibility index (Phi) is 5.05.